The molecule has 0 unspecified atom stereocenters. The number of benzene rings is 1. The maximum Gasteiger partial charge on any atom is -0.00666 e. The molecule has 1 aliphatic rings. The molecule has 0 atom stereocenters. The minimum absolute atomic E-state index is 0.303. The molecule has 0 saturated heterocycles. The molecule has 0 aromatic heterocycles. The number of aryl methyl sites for hydroxylation is 2. The van der Waals surface area contributed by atoms with E-state index in [-0.39, 0.29) is 0 Å². The van der Waals surface area contributed by atoms with Crippen molar-refractivity contribution in [2.75, 3.05) is 0 Å². The first-order chi connectivity index (χ1) is 7.19. The molecule has 2 rings (SSSR count). The Morgan fingerprint density at radius 1 is 0.812 bits per heavy atom. The van der Waals surface area contributed by atoms with Gasteiger partial charge >= 0.3 is 0 Å². The number of hydrogen-bond acceptors (Lipinski definition) is 0. The summed E-state index contributed by atoms with van der Waals surface area (Å²) in [6.45, 7) is 16.4. The summed E-state index contributed by atoms with van der Waals surface area (Å²) >= 11 is 0. The molecule has 0 aliphatic heterocycles. The van der Waals surface area contributed by atoms with Crippen LogP contribution in [0.3, 0.4) is 0 Å². The molecule has 0 amide bonds. The fourth-order valence-corrected chi connectivity index (χ4v) is 3.25. The lowest BCUT2D eigenvalue weighted by Gasteiger charge is -2.32. The van der Waals surface area contributed by atoms with E-state index in [4.69, 9.17) is 0 Å². The largest absolute Gasteiger partial charge is 0.0608 e. The minimum Gasteiger partial charge on any atom is -0.0608 e. The summed E-state index contributed by atoms with van der Waals surface area (Å²) in [6.07, 6.45) is 0. The zero-order chi connectivity index (χ0) is 12.3. The first-order valence-electron chi connectivity index (χ1n) is 6.31. The van der Waals surface area contributed by atoms with E-state index in [1.807, 2.05) is 0 Å². The summed E-state index contributed by atoms with van der Waals surface area (Å²) in [7, 11) is 0. The van der Waals surface area contributed by atoms with E-state index in [1.54, 1.807) is 11.1 Å². The molecule has 0 bridgehead atoms. The quantitative estimate of drug-likeness (QED) is 0.598. The number of hydrogen-bond donors (Lipinski definition) is 0. The first-order valence-corrected chi connectivity index (χ1v) is 6.31. The van der Waals surface area contributed by atoms with E-state index in [2.05, 4.69) is 60.6 Å². The summed E-state index contributed by atoms with van der Waals surface area (Å²) in [6, 6.07) is 4.83. The molecule has 0 nitrogen and oxygen atoms in total. The number of fused-ring (bicyclic) bond motifs is 1. The van der Waals surface area contributed by atoms with Crippen LogP contribution < -0.4 is 0 Å². The standard InChI is InChI=1S/C16H24/c1-10-8-13-14(9-11(10)2)16(6,7)12(3)15(13,4)5/h8-9,12H,1-7H3. The van der Waals surface area contributed by atoms with Gasteiger partial charge in [0.15, 0.2) is 0 Å². The molecule has 0 fully saturated rings. The van der Waals surface area contributed by atoms with Gasteiger partial charge in [0.25, 0.3) is 0 Å². The predicted octanol–water partition coefficient (Wildman–Crippen LogP) is 4.51. The van der Waals surface area contributed by atoms with Gasteiger partial charge in [0.2, 0.25) is 0 Å². The second-order valence-corrected chi connectivity index (χ2v) is 6.65. The fraction of sp³-hybridized carbons (Fsp3) is 0.625. The molecule has 1 aliphatic carbocycles. The Kier molecular flexibility index (Phi) is 2.28. The van der Waals surface area contributed by atoms with Gasteiger partial charge in [0, 0.05) is 0 Å². The van der Waals surface area contributed by atoms with Crippen LogP contribution in [0.25, 0.3) is 0 Å². The van der Waals surface area contributed by atoms with Crippen LogP contribution in [0, 0.1) is 19.8 Å². The van der Waals surface area contributed by atoms with E-state index < -0.39 is 0 Å². The van der Waals surface area contributed by atoms with Crippen LogP contribution in [-0.2, 0) is 10.8 Å². The molecule has 88 valence electrons. The van der Waals surface area contributed by atoms with Crippen LogP contribution in [0.1, 0.15) is 56.9 Å². The highest BCUT2D eigenvalue weighted by atomic mass is 14.5. The molecular formula is C16H24. The lowest BCUT2D eigenvalue weighted by atomic mass is 9.71. The number of rotatable bonds is 0. The van der Waals surface area contributed by atoms with Crippen LogP contribution in [-0.4, -0.2) is 0 Å². The van der Waals surface area contributed by atoms with Crippen molar-refractivity contribution in [1.29, 1.82) is 0 Å². The zero-order valence-electron chi connectivity index (χ0n) is 11.7. The van der Waals surface area contributed by atoms with E-state index in [1.165, 1.54) is 11.1 Å². The highest BCUT2D eigenvalue weighted by molar-refractivity contribution is 5.50. The molecule has 1 aromatic rings. The van der Waals surface area contributed by atoms with Crippen LogP contribution in [0.15, 0.2) is 12.1 Å². The summed E-state index contributed by atoms with van der Waals surface area (Å²) in [5.74, 6) is 0.691. The Morgan fingerprint density at radius 2 is 1.12 bits per heavy atom. The Bertz CT molecular complexity index is 395. The van der Waals surface area contributed by atoms with Crippen molar-refractivity contribution in [3.05, 3.63) is 34.4 Å². The van der Waals surface area contributed by atoms with E-state index in [9.17, 15) is 0 Å². The average molecular weight is 216 g/mol. The van der Waals surface area contributed by atoms with Crippen molar-refractivity contribution >= 4 is 0 Å². The second-order valence-electron chi connectivity index (χ2n) is 6.65. The Labute approximate surface area is 100 Å². The summed E-state index contributed by atoms with van der Waals surface area (Å²) in [5.41, 5.74) is 6.59. The third kappa shape index (κ3) is 1.28. The fourth-order valence-electron chi connectivity index (χ4n) is 3.25. The summed E-state index contributed by atoms with van der Waals surface area (Å²) in [5, 5.41) is 0. The third-order valence-electron chi connectivity index (χ3n) is 5.19. The summed E-state index contributed by atoms with van der Waals surface area (Å²) < 4.78 is 0. The zero-order valence-corrected chi connectivity index (χ0v) is 11.7. The maximum atomic E-state index is 2.41. The predicted molar refractivity (Wildman–Crippen MR) is 71.1 cm³/mol. The lowest BCUT2D eigenvalue weighted by Crippen LogP contribution is -2.30. The van der Waals surface area contributed by atoms with Crippen molar-refractivity contribution in [1.82, 2.24) is 0 Å². The molecule has 0 heteroatoms. The van der Waals surface area contributed by atoms with Gasteiger partial charge in [-0.25, -0.2) is 0 Å². The third-order valence-corrected chi connectivity index (χ3v) is 5.19. The second kappa shape index (κ2) is 3.12. The van der Waals surface area contributed by atoms with E-state index in [0.29, 0.717) is 16.7 Å². The van der Waals surface area contributed by atoms with Gasteiger partial charge in [-0.15, -0.1) is 0 Å². The molecule has 1 aromatic carbocycles. The molecular weight excluding hydrogens is 192 g/mol. The van der Waals surface area contributed by atoms with Crippen molar-refractivity contribution in [2.45, 2.75) is 59.3 Å². The molecule has 16 heavy (non-hydrogen) atoms. The van der Waals surface area contributed by atoms with Crippen LogP contribution in [0.2, 0.25) is 0 Å². The molecule has 0 heterocycles. The lowest BCUT2D eigenvalue weighted by molar-refractivity contribution is 0.264. The van der Waals surface area contributed by atoms with Gasteiger partial charge in [-0.2, -0.15) is 0 Å². The monoisotopic (exact) mass is 216 g/mol. The molecule has 0 N–H and O–H groups in total. The SMILES string of the molecule is Cc1cc2c(cc1C)C(C)(C)C(C)C2(C)C. The maximum absolute atomic E-state index is 2.41. The van der Waals surface area contributed by atoms with Gasteiger partial charge < -0.3 is 0 Å². The van der Waals surface area contributed by atoms with Crippen molar-refractivity contribution in [3.63, 3.8) is 0 Å². The van der Waals surface area contributed by atoms with Crippen molar-refractivity contribution in [3.8, 4) is 0 Å². The molecule has 0 radical (unpaired) electrons. The smallest absolute Gasteiger partial charge is 0.00666 e. The van der Waals surface area contributed by atoms with Crippen LogP contribution in [0.5, 0.6) is 0 Å². The molecule has 0 saturated carbocycles. The van der Waals surface area contributed by atoms with Crippen LogP contribution in [0.4, 0.5) is 0 Å². The Hall–Kier alpha value is -0.780. The van der Waals surface area contributed by atoms with Gasteiger partial charge in [-0.3, -0.25) is 0 Å². The van der Waals surface area contributed by atoms with Crippen molar-refractivity contribution < 1.29 is 0 Å². The Balaban J connectivity index is 2.75. The van der Waals surface area contributed by atoms with Gasteiger partial charge in [0.1, 0.15) is 0 Å². The topological polar surface area (TPSA) is 0 Å². The van der Waals surface area contributed by atoms with Gasteiger partial charge in [-0.1, -0.05) is 46.8 Å². The highest BCUT2D eigenvalue weighted by Gasteiger charge is 2.48. The summed E-state index contributed by atoms with van der Waals surface area (Å²) in [4.78, 5) is 0. The first kappa shape index (κ1) is 11.7. The minimum atomic E-state index is 0.303. The average Bonchev–Trinajstić information content (AvgIpc) is 2.29. The van der Waals surface area contributed by atoms with E-state index in [0.717, 1.165) is 0 Å². The Morgan fingerprint density at radius 3 is 1.44 bits per heavy atom. The van der Waals surface area contributed by atoms with Crippen LogP contribution >= 0.6 is 0 Å². The normalized spacial score (nSPS) is 22.2. The highest BCUT2D eigenvalue weighted by Crippen LogP contribution is 2.53. The van der Waals surface area contributed by atoms with Gasteiger partial charge in [-0.05, 0) is 52.8 Å². The van der Waals surface area contributed by atoms with E-state index >= 15 is 0 Å². The van der Waals surface area contributed by atoms with Crippen molar-refractivity contribution in [2.24, 2.45) is 5.92 Å². The van der Waals surface area contributed by atoms with Gasteiger partial charge in [0.05, 0.1) is 0 Å². The molecule has 0 spiro atoms.